The van der Waals surface area contributed by atoms with Crippen LogP contribution in [0.25, 0.3) is 0 Å². The Bertz CT molecular complexity index is 337. The van der Waals surface area contributed by atoms with Crippen LogP contribution in [0, 0.1) is 0 Å². The van der Waals surface area contributed by atoms with Crippen LogP contribution < -0.4 is 5.32 Å². The number of aromatic nitrogens is 2. The highest BCUT2D eigenvalue weighted by molar-refractivity contribution is 5.12. The van der Waals surface area contributed by atoms with Crippen molar-refractivity contribution in [3.05, 3.63) is 29.6 Å². The summed E-state index contributed by atoms with van der Waals surface area (Å²) in [4.78, 5) is 0. The van der Waals surface area contributed by atoms with Gasteiger partial charge in [-0.2, -0.15) is 5.10 Å². The van der Waals surface area contributed by atoms with Crippen molar-refractivity contribution in [3.8, 4) is 0 Å². The van der Waals surface area contributed by atoms with Gasteiger partial charge in [0.15, 0.2) is 0 Å². The van der Waals surface area contributed by atoms with E-state index in [0.29, 0.717) is 6.04 Å². The van der Waals surface area contributed by atoms with E-state index in [1.165, 1.54) is 5.57 Å². The molecule has 0 fully saturated rings. The van der Waals surface area contributed by atoms with Crippen molar-refractivity contribution in [1.82, 2.24) is 15.1 Å². The van der Waals surface area contributed by atoms with E-state index >= 15 is 0 Å². The minimum Gasteiger partial charge on any atom is -0.319 e. The van der Waals surface area contributed by atoms with E-state index in [0.717, 1.165) is 25.1 Å². The number of allylic oxidation sites excluding steroid dienone is 1. The fourth-order valence-corrected chi connectivity index (χ4v) is 1.58. The molecule has 0 radical (unpaired) electrons. The first-order valence-corrected chi connectivity index (χ1v) is 5.97. The summed E-state index contributed by atoms with van der Waals surface area (Å²) in [5.74, 6) is 0. The minimum atomic E-state index is 0.447. The average Bonchev–Trinajstić information content (AvgIpc) is 2.66. The van der Waals surface area contributed by atoms with Crippen LogP contribution in [0.3, 0.4) is 0 Å². The first-order chi connectivity index (χ1) is 7.63. The molecule has 3 heteroatoms. The van der Waals surface area contributed by atoms with Gasteiger partial charge >= 0.3 is 0 Å². The first kappa shape index (κ1) is 13.0. The third kappa shape index (κ3) is 4.19. The Morgan fingerprint density at radius 1 is 1.56 bits per heavy atom. The second-order valence-electron chi connectivity index (χ2n) is 4.50. The van der Waals surface area contributed by atoms with Gasteiger partial charge in [0.1, 0.15) is 0 Å². The van der Waals surface area contributed by atoms with E-state index < -0.39 is 0 Å². The zero-order chi connectivity index (χ0) is 12.0. The summed E-state index contributed by atoms with van der Waals surface area (Å²) in [5.41, 5.74) is 2.55. The van der Waals surface area contributed by atoms with Crippen molar-refractivity contribution in [3.63, 3.8) is 0 Å². The Balaban J connectivity index is 2.49. The molecule has 90 valence electrons. The van der Waals surface area contributed by atoms with Crippen LogP contribution in [0.2, 0.25) is 0 Å². The van der Waals surface area contributed by atoms with Crippen LogP contribution in [-0.2, 0) is 6.42 Å². The standard InChI is InChI=1S/C13H23N3/c1-11(2)16-9-7-13(15-16)10-12(3)6-5-8-14-4/h6-7,9,11,14H,5,8,10H2,1-4H3. The van der Waals surface area contributed by atoms with Crippen LogP contribution in [-0.4, -0.2) is 23.4 Å². The molecular formula is C13H23N3. The van der Waals surface area contributed by atoms with E-state index in [2.05, 4.69) is 49.5 Å². The van der Waals surface area contributed by atoms with Crippen LogP contribution >= 0.6 is 0 Å². The molecule has 1 N–H and O–H groups in total. The van der Waals surface area contributed by atoms with E-state index in [-0.39, 0.29) is 0 Å². The van der Waals surface area contributed by atoms with Crippen LogP contribution in [0.15, 0.2) is 23.9 Å². The molecule has 3 nitrogen and oxygen atoms in total. The lowest BCUT2D eigenvalue weighted by atomic mass is 10.1. The van der Waals surface area contributed by atoms with Gasteiger partial charge in [0.25, 0.3) is 0 Å². The van der Waals surface area contributed by atoms with Gasteiger partial charge in [0, 0.05) is 18.7 Å². The number of rotatable bonds is 6. The maximum Gasteiger partial charge on any atom is 0.0664 e. The van der Waals surface area contributed by atoms with E-state index in [4.69, 9.17) is 0 Å². The number of nitrogens with one attached hydrogen (secondary N) is 1. The highest BCUT2D eigenvalue weighted by atomic mass is 15.3. The summed E-state index contributed by atoms with van der Waals surface area (Å²) in [6, 6.07) is 2.55. The quantitative estimate of drug-likeness (QED) is 0.591. The largest absolute Gasteiger partial charge is 0.319 e. The summed E-state index contributed by atoms with van der Waals surface area (Å²) in [5, 5.41) is 7.68. The number of hydrogen-bond acceptors (Lipinski definition) is 2. The molecule has 1 aromatic rings. The highest BCUT2D eigenvalue weighted by Crippen LogP contribution is 2.09. The molecule has 0 amide bonds. The first-order valence-electron chi connectivity index (χ1n) is 5.97. The summed E-state index contributed by atoms with van der Waals surface area (Å²) in [6.07, 6.45) is 6.39. The smallest absolute Gasteiger partial charge is 0.0664 e. The summed E-state index contributed by atoms with van der Waals surface area (Å²) >= 11 is 0. The Morgan fingerprint density at radius 2 is 2.31 bits per heavy atom. The molecular weight excluding hydrogens is 198 g/mol. The zero-order valence-electron chi connectivity index (χ0n) is 10.8. The highest BCUT2D eigenvalue weighted by Gasteiger charge is 2.02. The SMILES string of the molecule is CNCCC=C(C)Cc1ccn(C(C)C)n1. The number of hydrogen-bond donors (Lipinski definition) is 1. The topological polar surface area (TPSA) is 29.9 Å². The monoisotopic (exact) mass is 221 g/mol. The molecule has 1 heterocycles. The summed E-state index contributed by atoms with van der Waals surface area (Å²) < 4.78 is 2.01. The van der Waals surface area contributed by atoms with Crippen LogP contribution in [0.1, 0.15) is 38.9 Å². The third-order valence-corrected chi connectivity index (χ3v) is 2.54. The maximum absolute atomic E-state index is 4.54. The van der Waals surface area contributed by atoms with Gasteiger partial charge < -0.3 is 5.32 Å². The molecule has 1 aromatic heterocycles. The van der Waals surface area contributed by atoms with Crippen molar-refractivity contribution >= 4 is 0 Å². The van der Waals surface area contributed by atoms with E-state index in [1.807, 2.05) is 11.7 Å². The van der Waals surface area contributed by atoms with Gasteiger partial charge in [-0.3, -0.25) is 4.68 Å². The molecule has 0 saturated carbocycles. The Morgan fingerprint density at radius 3 is 2.88 bits per heavy atom. The predicted molar refractivity (Wildman–Crippen MR) is 68.6 cm³/mol. The summed E-state index contributed by atoms with van der Waals surface area (Å²) in [7, 11) is 1.98. The lowest BCUT2D eigenvalue weighted by molar-refractivity contribution is 0.527. The van der Waals surface area contributed by atoms with Gasteiger partial charge in [-0.05, 0) is 46.9 Å². The van der Waals surface area contributed by atoms with Crippen molar-refractivity contribution in [2.24, 2.45) is 0 Å². The fourth-order valence-electron chi connectivity index (χ4n) is 1.58. The molecule has 1 rings (SSSR count). The second kappa shape index (κ2) is 6.48. The van der Waals surface area contributed by atoms with Gasteiger partial charge in [-0.15, -0.1) is 0 Å². The van der Waals surface area contributed by atoms with Crippen molar-refractivity contribution in [1.29, 1.82) is 0 Å². The molecule has 0 atom stereocenters. The molecule has 0 aliphatic rings. The van der Waals surface area contributed by atoms with Crippen molar-refractivity contribution in [2.45, 2.75) is 39.7 Å². The molecule has 0 unspecified atom stereocenters. The molecule has 0 aliphatic carbocycles. The fraction of sp³-hybridized carbons (Fsp3) is 0.615. The van der Waals surface area contributed by atoms with E-state index in [1.54, 1.807) is 0 Å². The van der Waals surface area contributed by atoms with Gasteiger partial charge in [-0.1, -0.05) is 11.6 Å². The minimum absolute atomic E-state index is 0.447. The van der Waals surface area contributed by atoms with E-state index in [9.17, 15) is 0 Å². The lowest BCUT2D eigenvalue weighted by Crippen LogP contribution is -2.06. The van der Waals surface area contributed by atoms with Gasteiger partial charge in [0.05, 0.1) is 5.69 Å². The van der Waals surface area contributed by atoms with Crippen LogP contribution in [0.5, 0.6) is 0 Å². The molecule has 16 heavy (non-hydrogen) atoms. The Labute approximate surface area is 98.5 Å². The zero-order valence-corrected chi connectivity index (χ0v) is 10.8. The van der Waals surface area contributed by atoms with Gasteiger partial charge in [-0.25, -0.2) is 0 Å². The normalized spacial score (nSPS) is 12.4. The Kier molecular flexibility index (Phi) is 5.26. The molecule has 0 saturated heterocycles. The molecule has 0 aromatic carbocycles. The second-order valence-corrected chi connectivity index (χ2v) is 4.50. The molecule has 0 spiro atoms. The van der Waals surface area contributed by atoms with Gasteiger partial charge in [0.2, 0.25) is 0 Å². The maximum atomic E-state index is 4.54. The third-order valence-electron chi connectivity index (χ3n) is 2.54. The number of nitrogens with zero attached hydrogens (tertiary/aromatic N) is 2. The summed E-state index contributed by atoms with van der Waals surface area (Å²) in [6.45, 7) is 7.50. The lowest BCUT2D eigenvalue weighted by Gasteiger charge is -2.04. The van der Waals surface area contributed by atoms with Crippen molar-refractivity contribution < 1.29 is 0 Å². The molecule has 0 bridgehead atoms. The average molecular weight is 221 g/mol. The Hall–Kier alpha value is -1.09. The predicted octanol–water partition coefficient (Wildman–Crippen LogP) is 2.56. The molecule has 0 aliphatic heterocycles. The van der Waals surface area contributed by atoms with Crippen molar-refractivity contribution in [2.75, 3.05) is 13.6 Å². The van der Waals surface area contributed by atoms with Crippen LogP contribution in [0.4, 0.5) is 0 Å².